The van der Waals surface area contributed by atoms with Crippen LogP contribution in [0.4, 0.5) is 0 Å². The molecule has 0 radical (unpaired) electrons. The molecule has 0 saturated carbocycles. The van der Waals surface area contributed by atoms with Crippen molar-refractivity contribution in [3.8, 4) is 0 Å². The Bertz CT molecular complexity index is 813. The summed E-state index contributed by atoms with van der Waals surface area (Å²) >= 11 is 0. The molecule has 1 aromatic carbocycles. The first kappa shape index (κ1) is 28.8. The van der Waals surface area contributed by atoms with Gasteiger partial charge in [0, 0.05) is 24.5 Å². The summed E-state index contributed by atoms with van der Waals surface area (Å²) < 4.78 is 12.9. The second kappa shape index (κ2) is 12.5. The van der Waals surface area contributed by atoms with Gasteiger partial charge >= 0.3 is 0 Å². The van der Waals surface area contributed by atoms with Crippen molar-refractivity contribution in [1.29, 1.82) is 0 Å². The van der Waals surface area contributed by atoms with E-state index < -0.39 is 8.32 Å². The molecule has 0 N–H and O–H groups in total. The highest BCUT2D eigenvalue weighted by atomic mass is 28.4. The van der Waals surface area contributed by atoms with Crippen molar-refractivity contribution < 1.29 is 14.0 Å². The summed E-state index contributed by atoms with van der Waals surface area (Å²) in [5.74, 6) is 1.87. The number of Topliss-reactive ketones (excluding diaryl/α,β-unsaturated/α-hetero) is 1. The van der Waals surface area contributed by atoms with Gasteiger partial charge in [-0.05, 0) is 52.4 Å². The van der Waals surface area contributed by atoms with Gasteiger partial charge in [-0.2, -0.15) is 0 Å². The van der Waals surface area contributed by atoms with Gasteiger partial charge in [-0.15, -0.1) is 0 Å². The van der Waals surface area contributed by atoms with E-state index in [2.05, 4.69) is 93.5 Å². The topological polar surface area (TPSA) is 35.5 Å². The number of carbonyl (C=O) groups is 1. The Kier molecular flexibility index (Phi) is 10.6. The maximum absolute atomic E-state index is 13.2. The van der Waals surface area contributed by atoms with Gasteiger partial charge in [0.2, 0.25) is 0 Å². The van der Waals surface area contributed by atoms with Crippen LogP contribution in [0.2, 0.25) is 16.6 Å². The molecule has 0 bridgehead atoms. The third-order valence-electron chi connectivity index (χ3n) is 7.46. The van der Waals surface area contributed by atoms with E-state index in [4.69, 9.17) is 9.16 Å². The van der Waals surface area contributed by atoms with Crippen molar-refractivity contribution in [3.63, 3.8) is 0 Å². The van der Waals surface area contributed by atoms with Crippen LogP contribution in [0.3, 0.4) is 0 Å². The van der Waals surface area contributed by atoms with Crippen LogP contribution in [-0.2, 0) is 26.8 Å². The van der Waals surface area contributed by atoms with Crippen molar-refractivity contribution >= 4 is 14.1 Å². The lowest BCUT2D eigenvalue weighted by molar-refractivity contribution is -0.118. The molecule has 1 unspecified atom stereocenters. The van der Waals surface area contributed by atoms with Crippen molar-refractivity contribution in [1.82, 2.24) is 0 Å². The Morgan fingerprint density at radius 3 is 2.03 bits per heavy atom. The molecule has 0 aromatic heterocycles. The summed E-state index contributed by atoms with van der Waals surface area (Å²) in [6, 6.07) is 8.77. The predicted molar refractivity (Wildman–Crippen MR) is 147 cm³/mol. The van der Waals surface area contributed by atoms with E-state index in [1.807, 2.05) is 0 Å². The van der Waals surface area contributed by atoms with Crippen LogP contribution in [0.25, 0.3) is 0 Å². The van der Waals surface area contributed by atoms with Gasteiger partial charge in [-0.3, -0.25) is 4.79 Å². The van der Waals surface area contributed by atoms with Gasteiger partial charge in [0.05, 0.1) is 6.61 Å². The molecule has 0 saturated heterocycles. The highest BCUT2D eigenvalue weighted by Crippen LogP contribution is 2.42. The molecular formula is C30H50O3Si. The number of carbonyl (C=O) groups excluding carboxylic acids is 1. The fourth-order valence-electron chi connectivity index (χ4n) is 6.00. The first-order valence-corrected chi connectivity index (χ1v) is 15.7. The van der Waals surface area contributed by atoms with E-state index in [-0.39, 0.29) is 17.6 Å². The smallest absolute Gasteiger partial charge is 0.200 e. The molecule has 4 heteroatoms. The number of ketones is 1. The minimum Gasteiger partial charge on any atom is -0.497 e. The number of allylic oxidation sites excluding steroid dienone is 2. The molecule has 1 aliphatic carbocycles. The molecule has 0 spiro atoms. The molecule has 192 valence electrons. The van der Waals surface area contributed by atoms with Crippen molar-refractivity contribution in [2.75, 3.05) is 13.2 Å². The fourth-order valence-corrected chi connectivity index (χ4v) is 11.5. The zero-order valence-electron chi connectivity index (χ0n) is 23.5. The molecule has 2 rings (SSSR count). The molecule has 1 atom stereocenters. The minimum absolute atomic E-state index is 0.00561. The molecule has 34 heavy (non-hydrogen) atoms. The first-order valence-electron chi connectivity index (χ1n) is 13.5. The summed E-state index contributed by atoms with van der Waals surface area (Å²) in [5.41, 5.74) is 5.25. The summed E-state index contributed by atoms with van der Waals surface area (Å²) in [5, 5.41) is 0. The average molecular weight is 487 g/mol. The van der Waals surface area contributed by atoms with Gasteiger partial charge in [0.1, 0.15) is 5.76 Å². The lowest BCUT2D eigenvalue weighted by atomic mass is 9.91. The quantitative estimate of drug-likeness (QED) is 0.264. The van der Waals surface area contributed by atoms with E-state index in [1.165, 1.54) is 11.1 Å². The lowest BCUT2D eigenvalue weighted by Crippen LogP contribution is -2.48. The SMILES string of the molecule is CC(C)COC1=C(C(C)C)C(=O)C(Cc2cccc(CCO[Si](C(C)C)(C(C)C)C(C)C)c2)C1. The second-order valence-electron chi connectivity index (χ2n) is 11.9. The zero-order valence-corrected chi connectivity index (χ0v) is 24.5. The summed E-state index contributed by atoms with van der Waals surface area (Å²) in [7, 11) is -1.84. The lowest BCUT2D eigenvalue weighted by Gasteiger charge is -2.42. The van der Waals surface area contributed by atoms with Crippen LogP contribution in [-0.4, -0.2) is 27.3 Å². The van der Waals surface area contributed by atoms with Crippen LogP contribution in [0.15, 0.2) is 35.6 Å². The number of benzene rings is 1. The Labute approximate surface area is 210 Å². The summed E-state index contributed by atoms with van der Waals surface area (Å²) in [4.78, 5) is 13.2. The Morgan fingerprint density at radius 2 is 1.50 bits per heavy atom. The van der Waals surface area contributed by atoms with E-state index in [0.29, 0.717) is 29.1 Å². The Morgan fingerprint density at radius 1 is 0.912 bits per heavy atom. The van der Waals surface area contributed by atoms with Crippen molar-refractivity contribution in [2.24, 2.45) is 17.8 Å². The van der Waals surface area contributed by atoms with E-state index >= 15 is 0 Å². The molecule has 1 aliphatic rings. The largest absolute Gasteiger partial charge is 0.497 e. The van der Waals surface area contributed by atoms with E-state index in [0.717, 1.165) is 37.2 Å². The first-order chi connectivity index (χ1) is 15.9. The summed E-state index contributed by atoms with van der Waals surface area (Å²) in [6.07, 6.45) is 2.43. The highest BCUT2D eigenvalue weighted by Gasteiger charge is 2.44. The van der Waals surface area contributed by atoms with Gasteiger partial charge in [0.15, 0.2) is 14.1 Å². The van der Waals surface area contributed by atoms with Crippen LogP contribution >= 0.6 is 0 Å². The molecule has 0 aliphatic heterocycles. The zero-order chi connectivity index (χ0) is 25.6. The maximum atomic E-state index is 13.2. The number of hydrogen-bond acceptors (Lipinski definition) is 3. The van der Waals surface area contributed by atoms with Gasteiger partial charge < -0.3 is 9.16 Å². The normalized spacial score (nSPS) is 17.4. The standard InChI is InChI=1S/C30H50O3Si/c1-20(2)19-32-28-18-27(30(31)29(28)21(3)4)17-26-13-11-12-25(16-26)14-15-33-34(22(5)6,23(7)8)24(9)10/h11-13,16,20-24,27H,14-15,17-19H2,1-10H3. The van der Waals surface area contributed by atoms with Crippen LogP contribution < -0.4 is 0 Å². The fraction of sp³-hybridized carbons (Fsp3) is 0.700. The van der Waals surface area contributed by atoms with Crippen LogP contribution in [0, 0.1) is 17.8 Å². The molecule has 0 fully saturated rings. The van der Waals surface area contributed by atoms with E-state index in [9.17, 15) is 4.79 Å². The number of hydrogen-bond donors (Lipinski definition) is 0. The third kappa shape index (κ3) is 6.84. The maximum Gasteiger partial charge on any atom is 0.200 e. The summed E-state index contributed by atoms with van der Waals surface area (Å²) in [6.45, 7) is 24.0. The van der Waals surface area contributed by atoms with Crippen LogP contribution in [0.5, 0.6) is 0 Å². The van der Waals surface area contributed by atoms with Crippen molar-refractivity contribution in [3.05, 3.63) is 46.7 Å². The predicted octanol–water partition coefficient (Wildman–Crippen LogP) is 8.14. The van der Waals surface area contributed by atoms with Gasteiger partial charge in [-0.1, -0.05) is 93.5 Å². The van der Waals surface area contributed by atoms with Gasteiger partial charge in [0.25, 0.3) is 0 Å². The second-order valence-corrected chi connectivity index (χ2v) is 17.4. The Balaban J connectivity index is 2.06. The Hall–Kier alpha value is -1.39. The molecule has 1 aromatic rings. The minimum atomic E-state index is -1.84. The molecular weight excluding hydrogens is 436 g/mol. The average Bonchev–Trinajstić information content (AvgIpc) is 3.04. The third-order valence-corrected chi connectivity index (χ3v) is 13.6. The highest BCUT2D eigenvalue weighted by molar-refractivity contribution is 6.77. The van der Waals surface area contributed by atoms with Gasteiger partial charge in [-0.25, -0.2) is 0 Å². The van der Waals surface area contributed by atoms with E-state index in [1.54, 1.807) is 0 Å². The number of rotatable bonds is 13. The molecule has 0 amide bonds. The van der Waals surface area contributed by atoms with Crippen molar-refractivity contribution in [2.45, 2.75) is 105 Å². The molecule has 3 nitrogen and oxygen atoms in total. The number of ether oxygens (including phenoxy) is 1. The monoisotopic (exact) mass is 486 g/mol. The molecule has 0 heterocycles. The van der Waals surface area contributed by atoms with Crippen LogP contribution in [0.1, 0.15) is 86.8 Å².